The third-order valence-electron chi connectivity index (χ3n) is 4.21. The van der Waals surface area contributed by atoms with Gasteiger partial charge in [-0.2, -0.15) is 0 Å². The maximum atomic E-state index is 6.38. The van der Waals surface area contributed by atoms with Crippen LogP contribution in [-0.2, 0) is 6.42 Å². The number of piperidine rings is 1. The molecule has 2 aromatic rings. The number of para-hydroxylation sites is 1. The third-order valence-corrected chi connectivity index (χ3v) is 4.21. The maximum Gasteiger partial charge on any atom is 0.0773 e. The molecule has 2 aromatic carbocycles. The number of anilines is 1. The molecule has 0 bridgehead atoms. The minimum Gasteiger partial charge on any atom is -0.356 e. The molecule has 3 rings (SSSR count). The van der Waals surface area contributed by atoms with Crippen molar-refractivity contribution >= 4 is 5.69 Å². The van der Waals surface area contributed by atoms with Gasteiger partial charge in [-0.3, -0.25) is 0 Å². The Bertz CT molecular complexity index is 524. The Kier molecular flexibility index (Phi) is 4.03. The lowest BCUT2D eigenvalue weighted by atomic mass is 9.88. The van der Waals surface area contributed by atoms with Gasteiger partial charge in [0.2, 0.25) is 0 Å². The summed E-state index contributed by atoms with van der Waals surface area (Å²) in [5.41, 5.74) is 9.06. The van der Waals surface area contributed by atoms with Gasteiger partial charge in [-0.1, -0.05) is 48.5 Å². The number of benzene rings is 2. The summed E-state index contributed by atoms with van der Waals surface area (Å²) in [5, 5.41) is 0. The second-order valence-corrected chi connectivity index (χ2v) is 5.68. The van der Waals surface area contributed by atoms with E-state index >= 15 is 0 Å². The Morgan fingerprint density at radius 1 is 0.950 bits per heavy atom. The molecule has 2 atom stereocenters. The lowest BCUT2D eigenvalue weighted by molar-refractivity contribution is 0.343. The van der Waals surface area contributed by atoms with Crippen LogP contribution in [0.25, 0.3) is 0 Å². The molecule has 2 N–H and O–H groups in total. The highest BCUT2D eigenvalue weighted by atomic mass is 15.2. The maximum absolute atomic E-state index is 6.38. The molecule has 1 aliphatic heterocycles. The molecule has 1 aliphatic rings. The van der Waals surface area contributed by atoms with Crippen molar-refractivity contribution in [3.8, 4) is 0 Å². The van der Waals surface area contributed by atoms with E-state index in [0.29, 0.717) is 5.92 Å². The van der Waals surface area contributed by atoms with Crippen LogP contribution in [0.3, 0.4) is 0 Å². The van der Waals surface area contributed by atoms with Gasteiger partial charge < -0.3 is 10.6 Å². The molecule has 104 valence electrons. The summed E-state index contributed by atoms with van der Waals surface area (Å²) in [6, 6.07) is 21.3. The van der Waals surface area contributed by atoms with E-state index in [0.717, 1.165) is 19.4 Å². The Hall–Kier alpha value is -1.80. The Labute approximate surface area is 121 Å². The van der Waals surface area contributed by atoms with Crippen LogP contribution in [0.15, 0.2) is 60.7 Å². The van der Waals surface area contributed by atoms with Gasteiger partial charge in [0.15, 0.2) is 0 Å². The smallest absolute Gasteiger partial charge is 0.0773 e. The van der Waals surface area contributed by atoms with E-state index in [4.69, 9.17) is 5.73 Å². The predicted molar refractivity (Wildman–Crippen MR) is 84.6 cm³/mol. The van der Waals surface area contributed by atoms with E-state index < -0.39 is 0 Å². The standard InChI is InChI=1S/C18H22N2/c19-18-14-16(13-15-7-3-1-4-8-15)11-12-20(18)17-9-5-2-6-10-17/h1-10,16,18H,11-14,19H2. The highest BCUT2D eigenvalue weighted by molar-refractivity contribution is 5.47. The zero-order valence-electron chi connectivity index (χ0n) is 11.8. The SMILES string of the molecule is NC1CC(Cc2ccccc2)CCN1c1ccccc1. The normalized spacial score (nSPS) is 22.8. The van der Waals surface area contributed by atoms with Gasteiger partial charge in [0.1, 0.15) is 0 Å². The minimum absolute atomic E-state index is 0.139. The first-order valence-corrected chi connectivity index (χ1v) is 7.44. The van der Waals surface area contributed by atoms with Crippen LogP contribution in [0.1, 0.15) is 18.4 Å². The molecule has 2 heteroatoms. The summed E-state index contributed by atoms with van der Waals surface area (Å²) in [4.78, 5) is 2.33. The number of hydrogen-bond acceptors (Lipinski definition) is 2. The summed E-state index contributed by atoms with van der Waals surface area (Å²) < 4.78 is 0. The first-order chi connectivity index (χ1) is 9.83. The fourth-order valence-corrected chi connectivity index (χ4v) is 3.15. The van der Waals surface area contributed by atoms with Gasteiger partial charge in [0.05, 0.1) is 6.17 Å². The molecule has 0 amide bonds. The molecule has 1 fully saturated rings. The largest absolute Gasteiger partial charge is 0.356 e. The second kappa shape index (κ2) is 6.10. The molecule has 0 aliphatic carbocycles. The van der Waals surface area contributed by atoms with E-state index in [9.17, 15) is 0 Å². The number of rotatable bonds is 3. The van der Waals surface area contributed by atoms with Crippen LogP contribution < -0.4 is 10.6 Å². The Balaban J connectivity index is 1.62. The number of hydrogen-bond donors (Lipinski definition) is 1. The lowest BCUT2D eigenvalue weighted by Crippen LogP contribution is -2.48. The van der Waals surface area contributed by atoms with Gasteiger partial charge in [-0.15, -0.1) is 0 Å². The van der Waals surface area contributed by atoms with Crippen LogP contribution in [0.5, 0.6) is 0 Å². The topological polar surface area (TPSA) is 29.3 Å². The first-order valence-electron chi connectivity index (χ1n) is 7.44. The van der Waals surface area contributed by atoms with Gasteiger partial charge in [0.25, 0.3) is 0 Å². The van der Waals surface area contributed by atoms with E-state index in [1.807, 2.05) is 0 Å². The molecule has 1 heterocycles. The van der Waals surface area contributed by atoms with Gasteiger partial charge >= 0.3 is 0 Å². The lowest BCUT2D eigenvalue weighted by Gasteiger charge is -2.39. The predicted octanol–water partition coefficient (Wildman–Crippen LogP) is 3.43. The third kappa shape index (κ3) is 3.02. The van der Waals surface area contributed by atoms with Crippen molar-refractivity contribution in [2.24, 2.45) is 11.7 Å². The molecule has 0 radical (unpaired) electrons. The molecule has 1 saturated heterocycles. The summed E-state index contributed by atoms with van der Waals surface area (Å²) in [5.74, 6) is 0.701. The van der Waals surface area contributed by atoms with Crippen LogP contribution in [0.4, 0.5) is 5.69 Å². The Morgan fingerprint density at radius 3 is 2.25 bits per heavy atom. The highest BCUT2D eigenvalue weighted by Gasteiger charge is 2.25. The second-order valence-electron chi connectivity index (χ2n) is 5.68. The molecular formula is C18H22N2. The molecule has 20 heavy (non-hydrogen) atoms. The van der Waals surface area contributed by atoms with Gasteiger partial charge in [0, 0.05) is 12.2 Å². The fraction of sp³-hybridized carbons (Fsp3) is 0.333. The molecule has 0 spiro atoms. The zero-order valence-corrected chi connectivity index (χ0v) is 11.8. The quantitative estimate of drug-likeness (QED) is 0.922. The van der Waals surface area contributed by atoms with Crippen LogP contribution in [0.2, 0.25) is 0 Å². The summed E-state index contributed by atoms with van der Waals surface area (Å²) >= 11 is 0. The van der Waals surface area contributed by atoms with Crippen LogP contribution >= 0.6 is 0 Å². The van der Waals surface area contributed by atoms with Crippen molar-refractivity contribution in [2.75, 3.05) is 11.4 Å². The molecule has 2 nitrogen and oxygen atoms in total. The van der Waals surface area contributed by atoms with Crippen molar-refractivity contribution in [1.82, 2.24) is 0 Å². The summed E-state index contributed by atoms with van der Waals surface area (Å²) in [6.45, 7) is 1.06. The molecule has 2 unspecified atom stereocenters. The van der Waals surface area contributed by atoms with Crippen molar-refractivity contribution < 1.29 is 0 Å². The zero-order chi connectivity index (χ0) is 13.8. The van der Waals surface area contributed by atoms with Gasteiger partial charge in [-0.05, 0) is 42.9 Å². The van der Waals surface area contributed by atoms with E-state index in [-0.39, 0.29) is 6.17 Å². The number of nitrogens with two attached hydrogens (primary N) is 1. The fourth-order valence-electron chi connectivity index (χ4n) is 3.15. The summed E-state index contributed by atoms with van der Waals surface area (Å²) in [6.07, 6.45) is 3.58. The van der Waals surface area contributed by atoms with Crippen molar-refractivity contribution in [2.45, 2.75) is 25.4 Å². The van der Waals surface area contributed by atoms with Crippen molar-refractivity contribution in [3.05, 3.63) is 66.2 Å². The average molecular weight is 266 g/mol. The van der Waals surface area contributed by atoms with Gasteiger partial charge in [-0.25, -0.2) is 0 Å². The van der Waals surface area contributed by atoms with E-state index in [1.54, 1.807) is 0 Å². The molecular weight excluding hydrogens is 244 g/mol. The highest BCUT2D eigenvalue weighted by Crippen LogP contribution is 2.27. The van der Waals surface area contributed by atoms with Crippen molar-refractivity contribution in [3.63, 3.8) is 0 Å². The van der Waals surface area contributed by atoms with Crippen molar-refractivity contribution in [1.29, 1.82) is 0 Å². The molecule has 0 saturated carbocycles. The minimum atomic E-state index is 0.139. The number of nitrogens with zero attached hydrogens (tertiary/aromatic N) is 1. The van der Waals surface area contributed by atoms with E-state index in [1.165, 1.54) is 17.7 Å². The first kappa shape index (κ1) is 13.2. The molecule has 0 aromatic heterocycles. The average Bonchev–Trinajstić information content (AvgIpc) is 2.49. The summed E-state index contributed by atoms with van der Waals surface area (Å²) in [7, 11) is 0. The van der Waals surface area contributed by atoms with Crippen LogP contribution in [-0.4, -0.2) is 12.7 Å². The van der Waals surface area contributed by atoms with E-state index in [2.05, 4.69) is 65.6 Å². The van der Waals surface area contributed by atoms with Crippen LogP contribution in [0, 0.1) is 5.92 Å². The monoisotopic (exact) mass is 266 g/mol. The Morgan fingerprint density at radius 2 is 1.60 bits per heavy atom.